The van der Waals surface area contributed by atoms with Crippen molar-refractivity contribution in [3.8, 4) is 0 Å². The SMILES string of the molecule is CN1N=C(OC(N)=O)CCC1=O. The van der Waals surface area contributed by atoms with Crippen molar-refractivity contribution in [2.45, 2.75) is 12.8 Å². The fourth-order valence-corrected chi connectivity index (χ4v) is 0.836. The molecule has 0 aromatic rings. The van der Waals surface area contributed by atoms with E-state index in [1.54, 1.807) is 0 Å². The third-order valence-corrected chi connectivity index (χ3v) is 1.39. The molecule has 0 atom stereocenters. The van der Waals surface area contributed by atoms with Crippen molar-refractivity contribution >= 4 is 17.9 Å². The van der Waals surface area contributed by atoms with E-state index >= 15 is 0 Å². The monoisotopic (exact) mass is 171 g/mol. The molecule has 0 saturated carbocycles. The van der Waals surface area contributed by atoms with Crippen LogP contribution in [0.3, 0.4) is 0 Å². The van der Waals surface area contributed by atoms with Gasteiger partial charge in [-0.1, -0.05) is 0 Å². The molecule has 0 aliphatic carbocycles. The number of nitrogens with zero attached hydrogens (tertiary/aromatic N) is 2. The number of primary amides is 1. The van der Waals surface area contributed by atoms with Gasteiger partial charge < -0.3 is 10.5 Å². The van der Waals surface area contributed by atoms with Crippen LogP contribution in [-0.4, -0.2) is 30.0 Å². The third-order valence-electron chi connectivity index (χ3n) is 1.39. The van der Waals surface area contributed by atoms with Crippen LogP contribution in [0.25, 0.3) is 0 Å². The Labute approximate surface area is 69.0 Å². The van der Waals surface area contributed by atoms with Crippen molar-refractivity contribution in [3.63, 3.8) is 0 Å². The lowest BCUT2D eigenvalue weighted by Crippen LogP contribution is -2.31. The van der Waals surface area contributed by atoms with E-state index in [1.165, 1.54) is 7.05 Å². The number of carbonyl (C=O) groups excluding carboxylic acids is 2. The molecular formula is C6H9N3O3. The Morgan fingerprint density at radius 3 is 2.83 bits per heavy atom. The molecule has 0 saturated heterocycles. The first-order chi connectivity index (χ1) is 5.59. The van der Waals surface area contributed by atoms with Gasteiger partial charge in [0.25, 0.3) is 0 Å². The van der Waals surface area contributed by atoms with Crippen molar-refractivity contribution < 1.29 is 14.3 Å². The number of hydrazone groups is 1. The van der Waals surface area contributed by atoms with Crippen LogP contribution >= 0.6 is 0 Å². The maximum absolute atomic E-state index is 10.9. The van der Waals surface area contributed by atoms with E-state index in [2.05, 4.69) is 9.84 Å². The van der Waals surface area contributed by atoms with E-state index in [4.69, 9.17) is 5.73 Å². The molecule has 0 aromatic carbocycles. The molecule has 2 N–H and O–H groups in total. The van der Waals surface area contributed by atoms with Gasteiger partial charge in [0.05, 0.1) is 0 Å². The summed E-state index contributed by atoms with van der Waals surface area (Å²) < 4.78 is 4.50. The highest BCUT2D eigenvalue weighted by Crippen LogP contribution is 2.07. The van der Waals surface area contributed by atoms with Crippen molar-refractivity contribution in [1.29, 1.82) is 0 Å². The summed E-state index contributed by atoms with van der Waals surface area (Å²) in [5.74, 6) is 0.0800. The lowest BCUT2D eigenvalue weighted by molar-refractivity contribution is -0.130. The lowest BCUT2D eigenvalue weighted by Gasteiger charge is -2.17. The molecular weight excluding hydrogens is 162 g/mol. The number of carbonyl (C=O) groups is 2. The predicted molar refractivity (Wildman–Crippen MR) is 40.1 cm³/mol. The third kappa shape index (κ3) is 1.94. The molecule has 12 heavy (non-hydrogen) atoms. The molecule has 2 amide bonds. The van der Waals surface area contributed by atoms with Crippen LogP contribution in [0.2, 0.25) is 0 Å². The second-order valence-corrected chi connectivity index (χ2v) is 2.33. The minimum absolute atomic E-state index is 0.105. The molecule has 1 aliphatic heterocycles. The Kier molecular flexibility index (Phi) is 2.27. The molecule has 6 nitrogen and oxygen atoms in total. The highest BCUT2D eigenvalue weighted by Gasteiger charge is 2.18. The molecule has 1 rings (SSSR count). The van der Waals surface area contributed by atoms with E-state index in [9.17, 15) is 9.59 Å². The van der Waals surface area contributed by atoms with Crippen molar-refractivity contribution in [1.82, 2.24) is 5.01 Å². The first-order valence-corrected chi connectivity index (χ1v) is 3.41. The summed E-state index contributed by atoms with van der Waals surface area (Å²) in [4.78, 5) is 21.1. The number of amides is 2. The van der Waals surface area contributed by atoms with E-state index in [1.807, 2.05) is 0 Å². The van der Waals surface area contributed by atoms with E-state index in [-0.39, 0.29) is 11.8 Å². The fourth-order valence-electron chi connectivity index (χ4n) is 0.836. The molecule has 0 unspecified atom stereocenters. The average molecular weight is 171 g/mol. The summed E-state index contributed by atoms with van der Waals surface area (Å²) in [6.07, 6.45) is -0.286. The van der Waals surface area contributed by atoms with Gasteiger partial charge in [0, 0.05) is 19.9 Å². The van der Waals surface area contributed by atoms with E-state index < -0.39 is 6.09 Å². The zero-order valence-corrected chi connectivity index (χ0v) is 6.61. The van der Waals surface area contributed by atoms with Crippen molar-refractivity contribution in [2.24, 2.45) is 10.8 Å². The van der Waals surface area contributed by atoms with Crippen LogP contribution < -0.4 is 5.73 Å². The second kappa shape index (κ2) is 3.21. The standard InChI is InChI=1S/C6H9N3O3/c1-9-5(10)3-2-4(8-9)12-6(7)11/h2-3H2,1H3,(H2,7,11). The van der Waals surface area contributed by atoms with Crippen LogP contribution in [0.5, 0.6) is 0 Å². The number of ether oxygens (including phenoxy) is 1. The summed E-state index contributed by atoms with van der Waals surface area (Å²) in [6.45, 7) is 0. The normalized spacial score (nSPS) is 17.2. The molecule has 0 radical (unpaired) electrons. The summed E-state index contributed by atoms with van der Waals surface area (Å²) in [5.41, 5.74) is 4.76. The van der Waals surface area contributed by atoms with Crippen molar-refractivity contribution in [3.05, 3.63) is 0 Å². The zero-order valence-electron chi connectivity index (χ0n) is 6.61. The van der Waals surface area contributed by atoms with Crippen LogP contribution in [0.15, 0.2) is 5.10 Å². The Bertz CT molecular complexity index is 248. The number of nitrogens with two attached hydrogens (primary N) is 1. The Hall–Kier alpha value is -1.59. The maximum Gasteiger partial charge on any atom is 0.411 e. The quantitative estimate of drug-likeness (QED) is 0.540. The lowest BCUT2D eigenvalue weighted by atomic mass is 10.2. The summed E-state index contributed by atoms with van der Waals surface area (Å²) in [6, 6.07) is 0. The minimum atomic E-state index is -0.906. The Morgan fingerprint density at radius 1 is 1.67 bits per heavy atom. The van der Waals surface area contributed by atoms with Gasteiger partial charge in [0.1, 0.15) is 0 Å². The highest BCUT2D eigenvalue weighted by atomic mass is 16.6. The van der Waals surface area contributed by atoms with Gasteiger partial charge in [-0.25, -0.2) is 9.80 Å². The molecule has 0 spiro atoms. The molecule has 0 fully saturated rings. The van der Waals surface area contributed by atoms with Gasteiger partial charge in [0.2, 0.25) is 11.8 Å². The van der Waals surface area contributed by atoms with E-state index in [0.717, 1.165) is 5.01 Å². The Balaban J connectivity index is 2.62. The van der Waals surface area contributed by atoms with Gasteiger partial charge >= 0.3 is 6.09 Å². The van der Waals surface area contributed by atoms with Crippen LogP contribution in [0.4, 0.5) is 4.79 Å². The number of hydrogen-bond acceptors (Lipinski definition) is 4. The average Bonchev–Trinajstić information content (AvgIpc) is 1.96. The minimum Gasteiger partial charge on any atom is -0.394 e. The molecule has 1 aliphatic rings. The van der Waals surface area contributed by atoms with Crippen LogP contribution in [-0.2, 0) is 9.53 Å². The molecule has 6 heteroatoms. The van der Waals surface area contributed by atoms with Gasteiger partial charge in [-0.15, -0.1) is 5.10 Å². The highest BCUT2D eigenvalue weighted by molar-refractivity contribution is 5.92. The maximum atomic E-state index is 10.9. The molecule has 1 heterocycles. The van der Waals surface area contributed by atoms with Gasteiger partial charge in [-0.2, -0.15) is 0 Å². The van der Waals surface area contributed by atoms with Gasteiger partial charge in [0.15, 0.2) is 0 Å². The predicted octanol–water partition coefficient (Wildman–Crippen LogP) is -0.353. The topological polar surface area (TPSA) is 85.0 Å². The Morgan fingerprint density at radius 2 is 2.33 bits per heavy atom. The van der Waals surface area contributed by atoms with Gasteiger partial charge in [-0.3, -0.25) is 4.79 Å². The van der Waals surface area contributed by atoms with Gasteiger partial charge in [-0.05, 0) is 0 Å². The largest absolute Gasteiger partial charge is 0.411 e. The van der Waals surface area contributed by atoms with Crippen molar-refractivity contribution in [2.75, 3.05) is 7.05 Å². The smallest absolute Gasteiger partial charge is 0.394 e. The van der Waals surface area contributed by atoms with E-state index in [0.29, 0.717) is 12.8 Å². The fraction of sp³-hybridized carbons (Fsp3) is 0.500. The first-order valence-electron chi connectivity index (χ1n) is 3.41. The summed E-state index contributed by atoms with van der Waals surface area (Å²) >= 11 is 0. The second-order valence-electron chi connectivity index (χ2n) is 2.33. The molecule has 0 bridgehead atoms. The summed E-state index contributed by atoms with van der Waals surface area (Å²) in [5, 5.41) is 4.81. The number of hydrogen-bond donors (Lipinski definition) is 1. The molecule has 0 aromatic heterocycles. The first kappa shape index (κ1) is 8.51. The van der Waals surface area contributed by atoms with Crippen LogP contribution in [0, 0.1) is 0 Å². The summed E-state index contributed by atoms with van der Waals surface area (Å²) in [7, 11) is 1.49. The van der Waals surface area contributed by atoms with Crippen LogP contribution in [0.1, 0.15) is 12.8 Å². The molecule has 66 valence electrons. The number of rotatable bonds is 0. The zero-order chi connectivity index (χ0) is 9.14.